The highest BCUT2D eigenvalue weighted by Gasteiger charge is 2.26. The van der Waals surface area contributed by atoms with E-state index in [4.69, 9.17) is 9.47 Å². The number of fused-ring (bicyclic) bond motifs is 1. The first-order valence-electron chi connectivity index (χ1n) is 7.72. The maximum Gasteiger partial charge on any atom is 0.256 e. The Kier molecular flexibility index (Phi) is 4.71. The van der Waals surface area contributed by atoms with Gasteiger partial charge in [-0.25, -0.2) is 13.1 Å². The summed E-state index contributed by atoms with van der Waals surface area (Å²) in [4.78, 5) is 12.5. The van der Waals surface area contributed by atoms with Crippen LogP contribution in [0.5, 0.6) is 11.5 Å². The minimum Gasteiger partial charge on any atom is -0.497 e. The van der Waals surface area contributed by atoms with Gasteiger partial charge in [0.25, 0.3) is 5.91 Å². The molecular formula is C18H18N2O5S. The van der Waals surface area contributed by atoms with Crippen LogP contribution in [-0.4, -0.2) is 35.6 Å². The van der Waals surface area contributed by atoms with E-state index in [1.807, 2.05) is 0 Å². The maximum absolute atomic E-state index is 12.4. The number of rotatable bonds is 5. The van der Waals surface area contributed by atoms with Crippen molar-refractivity contribution >= 4 is 33.3 Å². The predicted molar refractivity (Wildman–Crippen MR) is 98.7 cm³/mol. The van der Waals surface area contributed by atoms with E-state index >= 15 is 0 Å². The van der Waals surface area contributed by atoms with Crippen LogP contribution in [0.1, 0.15) is 11.1 Å². The van der Waals surface area contributed by atoms with Crippen LogP contribution in [0.4, 0.5) is 5.69 Å². The zero-order valence-electron chi connectivity index (χ0n) is 14.5. The minimum absolute atomic E-state index is 0.0874. The summed E-state index contributed by atoms with van der Waals surface area (Å²) in [5.41, 5.74) is 2.14. The van der Waals surface area contributed by atoms with E-state index in [9.17, 15) is 13.2 Å². The quantitative estimate of drug-likeness (QED) is 0.782. The Balaban J connectivity index is 2.12. The van der Waals surface area contributed by atoms with Gasteiger partial charge in [-0.3, -0.25) is 4.79 Å². The first-order chi connectivity index (χ1) is 12.4. The van der Waals surface area contributed by atoms with Crippen molar-refractivity contribution in [2.45, 2.75) is 4.90 Å². The highest BCUT2D eigenvalue weighted by molar-refractivity contribution is 7.89. The topological polar surface area (TPSA) is 93.7 Å². The van der Waals surface area contributed by atoms with Gasteiger partial charge in [-0.2, -0.15) is 0 Å². The van der Waals surface area contributed by atoms with E-state index in [0.717, 1.165) is 0 Å². The zero-order valence-corrected chi connectivity index (χ0v) is 15.3. The molecule has 0 aliphatic carbocycles. The summed E-state index contributed by atoms with van der Waals surface area (Å²) in [6.45, 7) is 0. The fraction of sp³-hybridized carbons (Fsp3) is 0.167. The second-order valence-electron chi connectivity index (χ2n) is 5.57. The number of methoxy groups -OCH3 is 2. The van der Waals surface area contributed by atoms with Gasteiger partial charge in [0.2, 0.25) is 10.0 Å². The third-order valence-corrected chi connectivity index (χ3v) is 5.45. The molecular weight excluding hydrogens is 356 g/mol. The molecule has 1 aliphatic rings. The smallest absolute Gasteiger partial charge is 0.256 e. The van der Waals surface area contributed by atoms with Crippen LogP contribution in [0.2, 0.25) is 0 Å². The molecule has 0 unspecified atom stereocenters. The molecule has 0 radical (unpaired) electrons. The number of carbonyl (C=O) groups is 1. The Hall–Kier alpha value is -2.84. The number of anilines is 1. The Morgan fingerprint density at radius 1 is 1.04 bits per heavy atom. The monoisotopic (exact) mass is 374 g/mol. The lowest BCUT2D eigenvalue weighted by molar-refractivity contribution is -0.110. The van der Waals surface area contributed by atoms with Crippen LogP contribution in [0.3, 0.4) is 0 Å². The van der Waals surface area contributed by atoms with E-state index in [2.05, 4.69) is 10.0 Å². The molecule has 8 heteroatoms. The molecule has 2 aromatic rings. The summed E-state index contributed by atoms with van der Waals surface area (Å²) in [6.07, 6.45) is 1.67. The van der Waals surface area contributed by atoms with E-state index in [0.29, 0.717) is 33.9 Å². The van der Waals surface area contributed by atoms with Crippen molar-refractivity contribution in [2.75, 3.05) is 26.6 Å². The standard InChI is InChI=1S/C18H18N2O5S/c1-19-26(22,23)14-4-5-17-15(10-14)16(18(21)20-17)8-11-6-12(24-2)9-13(7-11)25-3/h4-10,19H,1-3H3,(H,20,21). The van der Waals surface area contributed by atoms with Gasteiger partial charge in [-0.1, -0.05) is 0 Å². The molecule has 1 heterocycles. The highest BCUT2D eigenvalue weighted by atomic mass is 32.2. The molecule has 136 valence electrons. The van der Waals surface area contributed by atoms with Crippen molar-refractivity contribution in [3.63, 3.8) is 0 Å². The summed E-state index contributed by atoms with van der Waals surface area (Å²) < 4.78 is 36.8. The molecule has 0 atom stereocenters. The molecule has 2 N–H and O–H groups in total. The lowest BCUT2D eigenvalue weighted by Crippen LogP contribution is -2.18. The lowest BCUT2D eigenvalue weighted by atomic mass is 10.0. The summed E-state index contributed by atoms with van der Waals surface area (Å²) >= 11 is 0. The van der Waals surface area contributed by atoms with Crippen molar-refractivity contribution in [2.24, 2.45) is 0 Å². The van der Waals surface area contributed by atoms with Crippen LogP contribution in [0, 0.1) is 0 Å². The Labute approximate surface area is 151 Å². The Morgan fingerprint density at radius 3 is 2.27 bits per heavy atom. The SMILES string of the molecule is CNS(=O)(=O)c1ccc2c(c1)C(=Cc1cc(OC)cc(OC)c1)C(=O)N2. The van der Waals surface area contributed by atoms with Gasteiger partial charge >= 0.3 is 0 Å². The lowest BCUT2D eigenvalue weighted by Gasteiger charge is -2.07. The number of amides is 1. The molecule has 0 spiro atoms. The molecule has 2 aromatic carbocycles. The van der Waals surface area contributed by atoms with Gasteiger partial charge in [-0.05, 0) is 49.0 Å². The average molecular weight is 374 g/mol. The normalized spacial score (nSPS) is 14.9. The first kappa shape index (κ1) is 18.0. The highest BCUT2D eigenvalue weighted by Crippen LogP contribution is 2.35. The van der Waals surface area contributed by atoms with E-state index in [1.54, 1.807) is 30.3 Å². The third kappa shape index (κ3) is 3.29. The van der Waals surface area contributed by atoms with Crippen molar-refractivity contribution in [3.8, 4) is 11.5 Å². The van der Waals surface area contributed by atoms with Crippen molar-refractivity contribution in [3.05, 3.63) is 47.5 Å². The number of sulfonamides is 1. The molecule has 0 bridgehead atoms. The summed E-state index contributed by atoms with van der Waals surface area (Å²) in [7, 11) is 0.807. The van der Waals surface area contributed by atoms with Crippen LogP contribution in [-0.2, 0) is 14.8 Å². The molecule has 0 fully saturated rings. The molecule has 3 rings (SSSR count). The number of ether oxygens (including phenoxy) is 2. The van der Waals surface area contributed by atoms with Gasteiger partial charge in [0.1, 0.15) is 11.5 Å². The van der Waals surface area contributed by atoms with Crippen molar-refractivity contribution < 1.29 is 22.7 Å². The second kappa shape index (κ2) is 6.81. The van der Waals surface area contributed by atoms with Gasteiger partial charge in [0.05, 0.1) is 19.1 Å². The fourth-order valence-electron chi connectivity index (χ4n) is 2.67. The largest absolute Gasteiger partial charge is 0.497 e. The molecule has 26 heavy (non-hydrogen) atoms. The number of hydrogen-bond donors (Lipinski definition) is 2. The first-order valence-corrected chi connectivity index (χ1v) is 9.20. The number of hydrogen-bond acceptors (Lipinski definition) is 5. The Morgan fingerprint density at radius 2 is 1.69 bits per heavy atom. The van der Waals surface area contributed by atoms with Gasteiger partial charge in [-0.15, -0.1) is 0 Å². The molecule has 0 saturated heterocycles. The maximum atomic E-state index is 12.4. The van der Waals surface area contributed by atoms with Gasteiger partial charge in [0.15, 0.2) is 0 Å². The van der Waals surface area contributed by atoms with E-state index in [-0.39, 0.29) is 10.8 Å². The minimum atomic E-state index is -3.61. The molecule has 1 aliphatic heterocycles. The Bertz CT molecular complexity index is 990. The van der Waals surface area contributed by atoms with Crippen LogP contribution < -0.4 is 19.5 Å². The van der Waals surface area contributed by atoms with E-state index in [1.165, 1.54) is 33.4 Å². The van der Waals surface area contributed by atoms with Gasteiger partial charge in [0, 0.05) is 22.9 Å². The molecule has 0 saturated carbocycles. The van der Waals surface area contributed by atoms with Crippen molar-refractivity contribution in [1.82, 2.24) is 4.72 Å². The van der Waals surface area contributed by atoms with Crippen LogP contribution >= 0.6 is 0 Å². The number of benzene rings is 2. The van der Waals surface area contributed by atoms with E-state index < -0.39 is 10.0 Å². The molecule has 1 amide bonds. The summed E-state index contributed by atoms with van der Waals surface area (Å²) in [5.74, 6) is 0.864. The summed E-state index contributed by atoms with van der Waals surface area (Å²) in [6, 6.07) is 9.74. The number of nitrogens with one attached hydrogen (secondary N) is 2. The number of carbonyl (C=O) groups excluding carboxylic acids is 1. The third-order valence-electron chi connectivity index (χ3n) is 4.04. The van der Waals surface area contributed by atoms with Crippen LogP contribution in [0.25, 0.3) is 11.6 Å². The molecule has 7 nitrogen and oxygen atoms in total. The predicted octanol–water partition coefficient (Wildman–Crippen LogP) is 2.10. The fourth-order valence-corrected chi connectivity index (χ4v) is 3.43. The second-order valence-corrected chi connectivity index (χ2v) is 7.46. The summed E-state index contributed by atoms with van der Waals surface area (Å²) in [5, 5.41) is 2.74. The van der Waals surface area contributed by atoms with Crippen LogP contribution in [0.15, 0.2) is 41.3 Å². The average Bonchev–Trinajstić information content (AvgIpc) is 2.96. The zero-order chi connectivity index (χ0) is 18.9. The van der Waals surface area contributed by atoms with Gasteiger partial charge < -0.3 is 14.8 Å². The van der Waals surface area contributed by atoms with Crippen molar-refractivity contribution in [1.29, 1.82) is 0 Å². The molecule has 0 aromatic heterocycles.